The molecule has 0 spiro atoms. The van der Waals surface area contributed by atoms with Crippen molar-refractivity contribution >= 4 is 18.3 Å². The van der Waals surface area contributed by atoms with Gasteiger partial charge in [0, 0.05) is 31.7 Å². The molecule has 1 heterocycles. The maximum Gasteiger partial charge on any atom is 0.220 e. The molecule has 1 aliphatic heterocycles. The highest BCUT2D eigenvalue weighted by Crippen LogP contribution is 2.19. The number of nitrogens with one attached hydrogen (secondary N) is 1. The molecule has 0 aromatic carbocycles. The van der Waals surface area contributed by atoms with Crippen LogP contribution in [0.4, 0.5) is 0 Å². The van der Waals surface area contributed by atoms with Crippen LogP contribution in [0.5, 0.6) is 0 Å². The van der Waals surface area contributed by atoms with E-state index in [2.05, 4.69) is 19.2 Å². The van der Waals surface area contributed by atoms with E-state index in [1.54, 1.807) is 0 Å². The lowest BCUT2D eigenvalue weighted by Gasteiger charge is -2.31. The Morgan fingerprint density at radius 2 is 2.21 bits per heavy atom. The molecule has 2 atom stereocenters. The first kappa shape index (κ1) is 18.7. The molecule has 0 saturated carbocycles. The minimum atomic E-state index is -0.266. The second kappa shape index (κ2) is 8.77. The molecule has 19 heavy (non-hydrogen) atoms. The Labute approximate surface area is 123 Å². The quantitative estimate of drug-likeness (QED) is 0.755. The molecular weight excluding hydrogens is 264 g/mol. The van der Waals surface area contributed by atoms with Crippen LogP contribution in [-0.4, -0.2) is 31.2 Å². The molecule has 0 aliphatic carbocycles. The second-order valence-electron chi connectivity index (χ2n) is 6.18. The summed E-state index contributed by atoms with van der Waals surface area (Å²) in [6.45, 7) is 8.48. The zero-order valence-electron chi connectivity index (χ0n) is 12.4. The summed E-state index contributed by atoms with van der Waals surface area (Å²) in [6.07, 6.45) is 3.52. The van der Waals surface area contributed by atoms with E-state index in [0.717, 1.165) is 32.5 Å². The van der Waals surface area contributed by atoms with Crippen LogP contribution in [0.1, 0.15) is 46.5 Å². The maximum atomic E-state index is 11.9. The van der Waals surface area contributed by atoms with Crippen molar-refractivity contribution in [2.75, 3.05) is 19.8 Å². The molecule has 5 heteroatoms. The van der Waals surface area contributed by atoms with Gasteiger partial charge in [-0.25, -0.2) is 0 Å². The number of halogens is 1. The number of hydrogen-bond acceptors (Lipinski definition) is 3. The number of hydrogen-bond donors (Lipinski definition) is 2. The van der Waals surface area contributed by atoms with E-state index in [4.69, 9.17) is 10.5 Å². The fourth-order valence-corrected chi connectivity index (χ4v) is 2.63. The van der Waals surface area contributed by atoms with Gasteiger partial charge in [-0.05, 0) is 38.0 Å². The van der Waals surface area contributed by atoms with E-state index in [9.17, 15) is 4.79 Å². The molecule has 3 N–H and O–H groups in total. The van der Waals surface area contributed by atoms with Crippen LogP contribution >= 0.6 is 12.4 Å². The molecule has 1 rings (SSSR count). The molecule has 0 bridgehead atoms. The molecule has 1 amide bonds. The first-order valence-electron chi connectivity index (χ1n) is 7.04. The van der Waals surface area contributed by atoms with Crippen LogP contribution in [-0.2, 0) is 9.53 Å². The van der Waals surface area contributed by atoms with Gasteiger partial charge in [0.1, 0.15) is 0 Å². The highest BCUT2D eigenvalue weighted by Gasteiger charge is 2.26. The Balaban J connectivity index is 0.00000324. The van der Waals surface area contributed by atoms with E-state index in [1.807, 2.05) is 6.92 Å². The van der Waals surface area contributed by atoms with E-state index >= 15 is 0 Å². The number of rotatable bonds is 7. The van der Waals surface area contributed by atoms with Crippen LogP contribution in [0.2, 0.25) is 0 Å². The molecular formula is C14H29ClN2O2. The molecule has 0 aromatic heterocycles. The zero-order valence-corrected chi connectivity index (χ0v) is 13.2. The summed E-state index contributed by atoms with van der Waals surface area (Å²) in [5.74, 6) is 1.21. The van der Waals surface area contributed by atoms with Gasteiger partial charge >= 0.3 is 0 Å². The third kappa shape index (κ3) is 7.14. The van der Waals surface area contributed by atoms with Crippen LogP contribution in [0.25, 0.3) is 0 Å². The smallest absolute Gasteiger partial charge is 0.220 e. The van der Waals surface area contributed by atoms with Gasteiger partial charge in [0.2, 0.25) is 5.91 Å². The van der Waals surface area contributed by atoms with Gasteiger partial charge in [-0.15, -0.1) is 12.4 Å². The maximum absolute atomic E-state index is 11.9. The largest absolute Gasteiger partial charge is 0.381 e. The summed E-state index contributed by atoms with van der Waals surface area (Å²) in [6, 6.07) is 0. The van der Waals surface area contributed by atoms with Gasteiger partial charge in [0.05, 0.1) is 0 Å². The predicted octanol–water partition coefficient (Wildman–Crippen LogP) is 2.10. The molecule has 1 saturated heterocycles. The molecule has 0 aromatic rings. The molecule has 114 valence electrons. The fraction of sp³-hybridized carbons (Fsp3) is 0.929. The van der Waals surface area contributed by atoms with Crippen molar-refractivity contribution < 1.29 is 9.53 Å². The number of amides is 1. The Morgan fingerprint density at radius 1 is 1.53 bits per heavy atom. The van der Waals surface area contributed by atoms with E-state index in [0.29, 0.717) is 24.8 Å². The fourth-order valence-electron chi connectivity index (χ4n) is 2.63. The lowest BCUT2D eigenvalue weighted by atomic mass is 9.90. The van der Waals surface area contributed by atoms with Crippen LogP contribution in [0.3, 0.4) is 0 Å². The summed E-state index contributed by atoms with van der Waals surface area (Å²) in [4.78, 5) is 11.9. The average Bonchev–Trinajstić information content (AvgIpc) is 2.78. The normalized spacial score (nSPS) is 21.8. The Hall–Kier alpha value is -0.320. The lowest BCUT2D eigenvalue weighted by Crippen LogP contribution is -2.52. The Bertz CT molecular complexity index is 268. The second-order valence-corrected chi connectivity index (χ2v) is 6.18. The first-order valence-corrected chi connectivity index (χ1v) is 7.04. The minimum Gasteiger partial charge on any atom is -0.381 e. The molecule has 4 nitrogen and oxygen atoms in total. The topological polar surface area (TPSA) is 64.3 Å². The summed E-state index contributed by atoms with van der Waals surface area (Å²) in [5.41, 5.74) is 5.52. The van der Waals surface area contributed by atoms with Gasteiger partial charge in [-0.2, -0.15) is 0 Å². The zero-order chi connectivity index (χ0) is 13.6. The Kier molecular flexibility index (Phi) is 8.62. The van der Waals surface area contributed by atoms with Gasteiger partial charge in [0.25, 0.3) is 0 Å². The summed E-state index contributed by atoms with van der Waals surface area (Å²) >= 11 is 0. The number of carbonyl (C=O) groups is 1. The van der Waals surface area contributed by atoms with Crippen molar-refractivity contribution in [3.05, 3.63) is 0 Å². The van der Waals surface area contributed by atoms with Gasteiger partial charge in [-0.1, -0.05) is 13.8 Å². The number of nitrogens with two attached hydrogens (primary N) is 1. The SMILES string of the molecule is CC(C)CC(C)(CN)NC(=O)CCC1CCOC1.Cl. The van der Waals surface area contributed by atoms with Gasteiger partial charge in [0.15, 0.2) is 0 Å². The van der Waals surface area contributed by atoms with Crippen molar-refractivity contribution in [3.8, 4) is 0 Å². The monoisotopic (exact) mass is 292 g/mol. The summed E-state index contributed by atoms with van der Waals surface area (Å²) in [7, 11) is 0. The van der Waals surface area contributed by atoms with Gasteiger partial charge < -0.3 is 15.8 Å². The van der Waals surface area contributed by atoms with Crippen molar-refractivity contribution in [2.45, 2.75) is 52.0 Å². The van der Waals surface area contributed by atoms with E-state index in [1.165, 1.54) is 0 Å². The highest BCUT2D eigenvalue weighted by molar-refractivity contribution is 5.85. The van der Waals surface area contributed by atoms with Crippen LogP contribution < -0.4 is 11.1 Å². The standard InChI is InChI=1S/C14H28N2O2.ClH/c1-11(2)8-14(3,10-15)16-13(17)5-4-12-6-7-18-9-12;/h11-12H,4-10,15H2,1-3H3,(H,16,17);1H. The van der Waals surface area contributed by atoms with Crippen molar-refractivity contribution in [1.29, 1.82) is 0 Å². The summed E-state index contributed by atoms with van der Waals surface area (Å²) in [5, 5.41) is 3.09. The predicted molar refractivity (Wildman–Crippen MR) is 80.5 cm³/mol. The summed E-state index contributed by atoms with van der Waals surface area (Å²) < 4.78 is 5.31. The third-order valence-electron chi connectivity index (χ3n) is 3.55. The third-order valence-corrected chi connectivity index (χ3v) is 3.55. The van der Waals surface area contributed by atoms with Crippen molar-refractivity contribution in [3.63, 3.8) is 0 Å². The van der Waals surface area contributed by atoms with Crippen LogP contribution in [0.15, 0.2) is 0 Å². The Morgan fingerprint density at radius 3 is 2.68 bits per heavy atom. The number of carbonyl (C=O) groups excluding carboxylic acids is 1. The highest BCUT2D eigenvalue weighted by atomic mass is 35.5. The van der Waals surface area contributed by atoms with Gasteiger partial charge in [-0.3, -0.25) is 4.79 Å². The molecule has 2 unspecified atom stereocenters. The minimum absolute atomic E-state index is 0. The van der Waals surface area contributed by atoms with Crippen LogP contribution in [0, 0.1) is 11.8 Å². The molecule has 1 aliphatic rings. The van der Waals surface area contributed by atoms with Crippen molar-refractivity contribution in [1.82, 2.24) is 5.32 Å². The van der Waals surface area contributed by atoms with Crippen molar-refractivity contribution in [2.24, 2.45) is 17.6 Å². The number of ether oxygens (including phenoxy) is 1. The van der Waals surface area contributed by atoms with E-state index in [-0.39, 0.29) is 23.9 Å². The van der Waals surface area contributed by atoms with E-state index < -0.39 is 0 Å². The lowest BCUT2D eigenvalue weighted by molar-refractivity contribution is -0.123. The average molecular weight is 293 g/mol. The molecule has 0 radical (unpaired) electrons. The molecule has 1 fully saturated rings. The first-order chi connectivity index (χ1) is 8.45.